The molecule has 1 atom stereocenters. The van der Waals surface area contributed by atoms with Gasteiger partial charge in [0.2, 0.25) is 5.91 Å². The number of aliphatic carboxylic acids is 1. The largest absolute Gasteiger partial charge is 0.495 e. The van der Waals surface area contributed by atoms with Crippen molar-refractivity contribution in [3.05, 3.63) is 39.3 Å². The Labute approximate surface area is 142 Å². The molecule has 2 N–H and O–H groups in total. The van der Waals surface area contributed by atoms with E-state index in [9.17, 15) is 9.59 Å². The Morgan fingerprint density at radius 2 is 2.22 bits per heavy atom. The van der Waals surface area contributed by atoms with Gasteiger partial charge in [-0.2, -0.15) is 0 Å². The average Bonchev–Trinajstić information content (AvgIpc) is 2.94. The van der Waals surface area contributed by atoms with Crippen molar-refractivity contribution in [3.8, 4) is 5.75 Å². The molecule has 0 radical (unpaired) electrons. The number of thiazole rings is 1. The van der Waals surface area contributed by atoms with Gasteiger partial charge < -0.3 is 15.2 Å². The third-order valence-corrected chi connectivity index (χ3v) is 4.40. The Hall–Kier alpha value is -2.12. The van der Waals surface area contributed by atoms with Crippen molar-refractivity contribution in [1.29, 1.82) is 0 Å². The SMILES string of the molecule is COc1ccc(Cl)cc1NC(=O)[C@H](C)c1nc(CC(=O)O)cs1. The van der Waals surface area contributed by atoms with Crippen LogP contribution in [0.2, 0.25) is 5.02 Å². The van der Waals surface area contributed by atoms with Crippen LogP contribution in [0, 0.1) is 0 Å². The van der Waals surface area contributed by atoms with E-state index >= 15 is 0 Å². The summed E-state index contributed by atoms with van der Waals surface area (Å²) >= 11 is 7.19. The molecule has 23 heavy (non-hydrogen) atoms. The summed E-state index contributed by atoms with van der Waals surface area (Å²) in [5.41, 5.74) is 0.914. The molecule has 1 aromatic carbocycles. The number of carboxylic acids is 1. The van der Waals surface area contributed by atoms with Crippen LogP contribution >= 0.6 is 22.9 Å². The summed E-state index contributed by atoms with van der Waals surface area (Å²) in [5, 5.41) is 14.2. The lowest BCUT2D eigenvalue weighted by molar-refractivity contribution is -0.136. The lowest BCUT2D eigenvalue weighted by atomic mass is 10.1. The number of nitrogens with one attached hydrogen (secondary N) is 1. The van der Waals surface area contributed by atoms with Crippen molar-refractivity contribution in [2.75, 3.05) is 12.4 Å². The summed E-state index contributed by atoms with van der Waals surface area (Å²) in [6.07, 6.45) is -0.160. The maximum atomic E-state index is 12.4. The topological polar surface area (TPSA) is 88.5 Å². The van der Waals surface area contributed by atoms with E-state index in [0.717, 1.165) is 0 Å². The Balaban J connectivity index is 2.12. The Morgan fingerprint density at radius 1 is 1.48 bits per heavy atom. The summed E-state index contributed by atoms with van der Waals surface area (Å²) in [4.78, 5) is 27.2. The minimum absolute atomic E-state index is 0.160. The number of rotatable bonds is 6. The van der Waals surface area contributed by atoms with Crippen molar-refractivity contribution < 1.29 is 19.4 Å². The molecule has 2 rings (SSSR count). The predicted molar refractivity (Wildman–Crippen MR) is 88.5 cm³/mol. The molecule has 0 bridgehead atoms. The van der Waals surface area contributed by atoms with Crippen LogP contribution in [-0.4, -0.2) is 29.1 Å². The van der Waals surface area contributed by atoms with E-state index in [2.05, 4.69) is 10.3 Å². The van der Waals surface area contributed by atoms with Crippen LogP contribution in [-0.2, 0) is 16.0 Å². The second kappa shape index (κ2) is 7.43. The molecular formula is C15H15ClN2O4S. The second-order valence-electron chi connectivity index (χ2n) is 4.80. The van der Waals surface area contributed by atoms with Crippen LogP contribution in [0.1, 0.15) is 23.5 Å². The maximum Gasteiger partial charge on any atom is 0.309 e. The zero-order valence-corrected chi connectivity index (χ0v) is 14.1. The number of ether oxygens (including phenoxy) is 1. The Morgan fingerprint density at radius 3 is 2.87 bits per heavy atom. The zero-order valence-electron chi connectivity index (χ0n) is 12.5. The number of carbonyl (C=O) groups is 2. The minimum atomic E-state index is -0.956. The van der Waals surface area contributed by atoms with Crippen molar-refractivity contribution >= 4 is 40.5 Å². The molecule has 0 unspecified atom stereocenters. The highest BCUT2D eigenvalue weighted by atomic mass is 35.5. The van der Waals surface area contributed by atoms with Crippen LogP contribution in [0.15, 0.2) is 23.6 Å². The molecule has 6 nitrogen and oxygen atoms in total. The van der Waals surface area contributed by atoms with Gasteiger partial charge in [0.1, 0.15) is 10.8 Å². The van der Waals surface area contributed by atoms with E-state index in [1.165, 1.54) is 18.4 Å². The van der Waals surface area contributed by atoms with Gasteiger partial charge in [-0.15, -0.1) is 11.3 Å². The van der Waals surface area contributed by atoms with Crippen molar-refractivity contribution in [2.45, 2.75) is 19.3 Å². The molecule has 1 amide bonds. The summed E-state index contributed by atoms with van der Waals surface area (Å²) in [5.74, 6) is -1.25. The number of anilines is 1. The summed E-state index contributed by atoms with van der Waals surface area (Å²) in [7, 11) is 1.50. The number of hydrogen-bond acceptors (Lipinski definition) is 5. The highest BCUT2D eigenvalue weighted by Crippen LogP contribution is 2.29. The van der Waals surface area contributed by atoms with E-state index in [1.807, 2.05) is 0 Å². The lowest BCUT2D eigenvalue weighted by Gasteiger charge is -2.13. The average molecular weight is 355 g/mol. The first kappa shape index (κ1) is 17.2. The standard InChI is InChI=1S/C15H15ClN2O4S/c1-8(15-17-10(7-23-15)6-13(19)20)14(21)18-11-5-9(16)3-4-12(11)22-2/h3-5,7-8H,6H2,1-2H3,(H,18,21)(H,19,20)/t8-/m0/s1. The number of carboxylic acid groups (broad SMARTS) is 1. The minimum Gasteiger partial charge on any atom is -0.495 e. The monoisotopic (exact) mass is 354 g/mol. The quantitative estimate of drug-likeness (QED) is 0.831. The fourth-order valence-corrected chi connectivity index (χ4v) is 2.93. The molecule has 122 valence electrons. The van der Waals surface area contributed by atoms with Gasteiger partial charge in [-0.25, -0.2) is 4.98 Å². The van der Waals surface area contributed by atoms with Crippen LogP contribution in [0.4, 0.5) is 5.69 Å². The molecule has 8 heteroatoms. The predicted octanol–water partition coefficient (Wildman–Crippen LogP) is 3.17. The molecule has 2 aromatic rings. The van der Waals surface area contributed by atoms with Gasteiger partial charge >= 0.3 is 5.97 Å². The number of aromatic nitrogens is 1. The van der Waals surface area contributed by atoms with E-state index < -0.39 is 11.9 Å². The van der Waals surface area contributed by atoms with Crippen molar-refractivity contribution in [2.24, 2.45) is 0 Å². The molecule has 0 aliphatic carbocycles. The maximum absolute atomic E-state index is 12.4. The summed E-state index contributed by atoms with van der Waals surface area (Å²) in [6.45, 7) is 1.70. The summed E-state index contributed by atoms with van der Waals surface area (Å²) < 4.78 is 5.18. The van der Waals surface area contributed by atoms with Gasteiger partial charge in [-0.1, -0.05) is 11.6 Å². The smallest absolute Gasteiger partial charge is 0.309 e. The van der Waals surface area contributed by atoms with Crippen LogP contribution in [0.3, 0.4) is 0 Å². The van der Waals surface area contributed by atoms with E-state index in [4.69, 9.17) is 21.4 Å². The molecule has 0 saturated heterocycles. The van der Waals surface area contributed by atoms with Crippen LogP contribution < -0.4 is 10.1 Å². The first-order valence-electron chi connectivity index (χ1n) is 6.71. The fraction of sp³-hybridized carbons (Fsp3) is 0.267. The highest BCUT2D eigenvalue weighted by Gasteiger charge is 2.20. The first-order valence-corrected chi connectivity index (χ1v) is 7.97. The molecule has 1 aromatic heterocycles. The number of halogens is 1. The molecule has 0 saturated carbocycles. The Bertz CT molecular complexity index is 732. The number of hydrogen-bond donors (Lipinski definition) is 2. The highest BCUT2D eigenvalue weighted by molar-refractivity contribution is 7.09. The molecule has 0 spiro atoms. The molecule has 0 fully saturated rings. The van der Waals surface area contributed by atoms with E-state index in [0.29, 0.717) is 27.2 Å². The molecule has 0 aliphatic heterocycles. The third kappa shape index (κ3) is 4.43. The molecular weight excluding hydrogens is 340 g/mol. The van der Waals surface area contributed by atoms with Gasteiger partial charge in [0.15, 0.2) is 0 Å². The van der Waals surface area contributed by atoms with Crippen LogP contribution in [0.5, 0.6) is 5.75 Å². The van der Waals surface area contributed by atoms with Crippen molar-refractivity contribution in [3.63, 3.8) is 0 Å². The zero-order chi connectivity index (χ0) is 17.0. The number of carbonyl (C=O) groups excluding carboxylic acids is 1. The van der Waals surface area contributed by atoms with Gasteiger partial charge in [-0.05, 0) is 25.1 Å². The summed E-state index contributed by atoms with van der Waals surface area (Å²) in [6, 6.07) is 4.93. The number of methoxy groups -OCH3 is 1. The molecule has 1 heterocycles. The third-order valence-electron chi connectivity index (χ3n) is 3.08. The van der Waals surface area contributed by atoms with Gasteiger partial charge in [0.25, 0.3) is 0 Å². The van der Waals surface area contributed by atoms with E-state index in [1.54, 1.807) is 30.5 Å². The van der Waals surface area contributed by atoms with Gasteiger partial charge in [-0.3, -0.25) is 9.59 Å². The van der Waals surface area contributed by atoms with Gasteiger partial charge in [0, 0.05) is 10.4 Å². The van der Waals surface area contributed by atoms with Gasteiger partial charge in [0.05, 0.1) is 30.8 Å². The number of amides is 1. The number of benzene rings is 1. The van der Waals surface area contributed by atoms with E-state index in [-0.39, 0.29) is 12.3 Å². The molecule has 0 aliphatic rings. The first-order chi connectivity index (χ1) is 10.9. The Kier molecular flexibility index (Phi) is 5.57. The second-order valence-corrected chi connectivity index (χ2v) is 6.13. The fourth-order valence-electron chi connectivity index (χ4n) is 1.89. The normalized spacial score (nSPS) is 11.8. The van der Waals surface area contributed by atoms with Crippen LogP contribution in [0.25, 0.3) is 0 Å². The number of nitrogens with zero attached hydrogens (tertiary/aromatic N) is 1. The lowest BCUT2D eigenvalue weighted by Crippen LogP contribution is -2.19. The van der Waals surface area contributed by atoms with Crippen molar-refractivity contribution in [1.82, 2.24) is 4.98 Å².